The third-order valence-corrected chi connectivity index (χ3v) is 5.31. The Morgan fingerprint density at radius 3 is 2.46 bits per heavy atom. The highest BCUT2D eigenvalue weighted by Gasteiger charge is 2.29. The molecular weight excluding hydrogens is 317 g/mol. The van der Waals surface area contributed by atoms with Gasteiger partial charge in [-0.25, -0.2) is 13.2 Å². The Hall–Kier alpha value is -1.11. The molecule has 2 aliphatic rings. The highest BCUT2D eigenvalue weighted by atomic mass is 19.2. The van der Waals surface area contributed by atoms with Gasteiger partial charge in [-0.05, 0) is 63.1 Å². The van der Waals surface area contributed by atoms with Crippen LogP contribution >= 0.6 is 0 Å². The van der Waals surface area contributed by atoms with Gasteiger partial charge in [0.1, 0.15) is 5.82 Å². The van der Waals surface area contributed by atoms with E-state index in [2.05, 4.69) is 5.32 Å². The van der Waals surface area contributed by atoms with Gasteiger partial charge < -0.3 is 15.8 Å². The largest absolute Gasteiger partial charge is 0.377 e. The molecule has 0 unspecified atom stereocenters. The van der Waals surface area contributed by atoms with Crippen molar-refractivity contribution in [3.8, 4) is 0 Å². The summed E-state index contributed by atoms with van der Waals surface area (Å²) >= 11 is 0. The van der Waals surface area contributed by atoms with E-state index in [9.17, 15) is 13.2 Å². The first-order valence-electron chi connectivity index (χ1n) is 8.80. The number of ether oxygens (including phenoxy) is 1. The van der Waals surface area contributed by atoms with Crippen LogP contribution in [0.25, 0.3) is 0 Å². The number of hydrogen-bond acceptors (Lipinski definition) is 3. The topological polar surface area (TPSA) is 47.3 Å². The van der Waals surface area contributed by atoms with Gasteiger partial charge in [-0.15, -0.1) is 0 Å². The van der Waals surface area contributed by atoms with Gasteiger partial charge in [-0.1, -0.05) is 0 Å². The van der Waals surface area contributed by atoms with Crippen molar-refractivity contribution in [1.29, 1.82) is 0 Å². The molecule has 3 rings (SSSR count). The van der Waals surface area contributed by atoms with Crippen molar-refractivity contribution in [3.05, 3.63) is 35.1 Å². The number of halogens is 3. The first kappa shape index (κ1) is 17.7. The molecule has 1 aliphatic heterocycles. The average Bonchev–Trinajstić information content (AvgIpc) is 2.59. The lowest BCUT2D eigenvalue weighted by atomic mass is 9.82. The molecule has 1 heterocycles. The number of rotatable bonds is 4. The lowest BCUT2D eigenvalue weighted by molar-refractivity contribution is 0.00581. The first-order chi connectivity index (χ1) is 11.6. The summed E-state index contributed by atoms with van der Waals surface area (Å²) in [5.74, 6) is -2.97. The zero-order valence-corrected chi connectivity index (χ0v) is 13.7. The van der Waals surface area contributed by atoms with Gasteiger partial charge in [-0.3, -0.25) is 0 Å². The molecule has 0 radical (unpaired) electrons. The number of piperidine rings is 1. The Morgan fingerprint density at radius 2 is 1.75 bits per heavy atom. The van der Waals surface area contributed by atoms with Crippen molar-refractivity contribution in [2.75, 3.05) is 13.2 Å². The maximum Gasteiger partial charge on any atom is 0.165 e. The van der Waals surface area contributed by atoms with Crippen LogP contribution in [0.3, 0.4) is 0 Å². The molecule has 1 saturated carbocycles. The second-order valence-corrected chi connectivity index (χ2v) is 6.93. The monoisotopic (exact) mass is 342 g/mol. The van der Waals surface area contributed by atoms with Gasteiger partial charge in [0.15, 0.2) is 11.6 Å². The fraction of sp³-hybridized carbons (Fsp3) is 0.667. The van der Waals surface area contributed by atoms with Gasteiger partial charge in [-0.2, -0.15) is 0 Å². The molecule has 2 atom stereocenters. The van der Waals surface area contributed by atoms with Gasteiger partial charge >= 0.3 is 0 Å². The Kier molecular flexibility index (Phi) is 5.79. The minimum atomic E-state index is -1.04. The maximum atomic E-state index is 13.9. The molecule has 0 spiro atoms. The molecule has 1 aromatic rings. The number of hydrogen-bond donors (Lipinski definition) is 2. The van der Waals surface area contributed by atoms with Crippen molar-refractivity contribution >= 4 is 0 Å². The molecule has 3 N–H and O–H groups in total. The third-order valence-electron chi connectivity index (χ3n) is 5.31. The quantitative estimate of drug-likeness (QED) is 0.826. The smallest absolute Gasteiger partial charge is 0.165 e. The fourth-order valence-corrected chi connectivity index (χ4v) is 3.84. The minimum absolute atomic E-state index is 0.0804. The lowest BCUT2D eigenvalue weighted by Gasteiger charge is -2.33. The second kappa shape index (κ2) is 7.85. The van der Waals surface area contributed by atoms with E-state index in [1.54, 1.807) is 0 Å². The molecule has 0 amide bonds. The van der Waals surface area contributed by atoms with Crippen LogP contribution in [-0.2, 0) is 4.74 Å². The van der Waals surface area contributed by atoms with Crippen LogP contribution in [-0.4, -0.2) is 31.3 Å². The van der Waals surface area contributed by atoms with Crippen LogP contribution < -0.4 is 11.1 Å². The van der Waals surface area contributed by atoms with Crippen molar-refractivity contribution < 1.29 is 17.9 Å². The van der Waals surface area contributed by atoms with E-state index in [0.29, 0.717) is 19.4 Å². The molecule has 24 heavy (non-hydrogen) atoms. The maximum absolute atomic E-state index is 13.9. The van der Waals surface area contributed by atoms with Crippen molar-refractivity contribution in [2.24, 2.45) is 5.73 Å². The average molecular weight is 342 g/mol. The molecule has 0 bridgehead atoms. The molecule has 1 aliphatic carbocycles. The third kappa shape index (κ3) is 3.92. The summed E-state index contributed by atoms with van der Waals surface area (Å²) in [7, 11) is 0. The predicted octanol–water partition coefficient (Wildman–Crippen LogP) is 3.23. The number of nitrogens with one attached hydrogen (secondary N) is 1. The molecule has 1 saturated heterocycles. The molecular formula is C18H25F3N2O. The van der Waals surface area contributed by atoms with E-state index in [1.165, 1.54) is 0 Å². The Labute approximate surface area is 140 Å². The van der Waals surface area contributed by atoms with Gasteiger partial charge in [0.05, 0.1) is 12.7 Å². The molecule has 1 aromatic carbocycles. The summed E-state index contributed by atoms with van der Waals surface area (Å²) < 4.78 is 47.1. The summed E-state index contributed by atoms with van der Waals surface area (Å²) in [6, 6.07) is 2.13. The molecule has 3 nitrogen and oxygen atoms in total. The molecule has 6 heteroatoms. The summed E-state index contributed by atoms with van der Waals surface area (Å²) in [4.78, 5) is 0. The second-order valence-electron chi connectivity index (χ2n) is 6.93. The predicted molar refractivity (Wildman–Crippen MR) is 86.3 cm³/mol. The standard InChI is InChI=1S/C18H25F3N2O/c19-13-7-8-14(20)18(21)17(13)11-3-5-12(6-4-11)24-10-16-15(22)2-1-9-23-16/h7-8,11-12,15-16,23H,1-6,9-10,22H2/t11-,12+,15-,16-/m0/s1. The summed E-state index contributed by atoms with van der Waals surface area (Å²) in [6.07, 6.45) is 4.83. The van der Waals surface area contributed by atoms with Crippen LogP contribution in [0.4, 0.5) is 13.2 Å². The van der Waals surface area contributed by atoms with Crippen LogP contribution in [0.1, 0.15) is 50.0 Å². The lowest BCUT2D eigenvalue weighted by Crippen LogP contribution is -2.52. The highest BCUT2D eigenvalue weighted by Crippen LogP contribution is 2.37. The van der Waals surface area contributed by atoms with Crippen LogP contribution in [0.15, 0.2) is 12.1 Å². The zero-order chi connectivity index (χ0) is 17.1. The van der Waals surface area contributed by atoms with Crippen LogP contribution in [0.2, 0.25) is 0 Å². The molecule has 0 aromatic heterocycles. The van der Waals surface area contributed by atoms with Crippen LogP contribution in [0.5, 0.6) is 0 Å². The number of nitrogens with two attached hydrogens (primary N) is 1. The normalized spacial score (nSPS) is 31.2. The highest BCUT2D eigenvalue weighted by molar-refractivity contribution is 5.25. The Morgan fingerprint density at radius 1 is 1.04 bits per heavy atom. The van der Waals surface area contributed by atoms with Gasteiger partial charge in [0, 0.05) is 17.6 Å². The van der Waals surface area contributed by atoms with Crippen molar-refractivity contribution in [1.82, 2.24) is 5.32 Å². The summed E-state index contributed by atoms with van der Waals surface area (Å²) in [5, 5.41) is 3.37. The zero-order valence-electron chi connectivity index (χ0n) is 13.7. The van der Waals surface area contributed by atoms with Gasteiger partial charge in [0.25, 0.3) is 0 Å². The number of benzene rings is 1. The first-order valence-corrected chi connectivity index (χ1v) is 8.80. The van der Waals surface area contributed by atoms with E-state index in [1.807, 2.05) is 0 Å². The summed E-state index contributed by atoms with van der Waals surface area (Å²) in [6.45, 7) is 1.53. The van der Waals surface area contributed by atoms with E-state index < -0.39 is 17.5 Å². The Bertz CT molecular complexity index is 561. The van der Waals surface area contributed by atoms with Crippen molar-refractivity contribution in [3.63, 3.8) is 0 Å². The van der Waals surface area contributed by atoms with E-state index >= 15 is 0 Å². The minimum Gasteiger partial charge on any atom is -0.377 e. The molecule has 2 fully saturated rings. The molecule has 134 valence electrons. The van der Waals surface area contributed by atoms with E-state index in [0.717, 1.165) is 44.4 Å². The van der Waals surface area contributed by atoms with E-state index in [-0.39, 0.29) is 29.7 Å². The Balaban J connectivity index is 1.52. The summed E-state index contributed by atoms with van der Waals surface area (Å²) in [5.41, 5.74) is 5.97. The van der Waals surface area contributed by atoms with Gasteiger partial charge in [0.2, 0.25) is 0 Å². The SMILES string of the molecule is N[C@H]1CCCN[C@H]1CO[C@H]1CC[C@@H](c2c(F)ccc(F)c2F)CC1. The van der Waals surface area contributed by atoms with Crippen LogP contribution in [0, 0.1) is 17.5 Å². The van der Waals surface area contributed by atoms with E-state index in [4.69, 9.17) is 10.5 Å². The van der Waals surface area contributed by atoms with Crippen molar-refractivity contribution in [2.45, 2.75) is 62.6 Å². The fourth-order valence-electron chi connectivity index (χ4n) is 3.84.